The topological polar surface area (TPSA) is 163 Å². The van der Waals surface area contributed by atoms with Gasteiger partial charge in [-0.05, 0) is 18.2 Å². The smallest absolute Gasteiger partial charge is 0.338 e. The van der Waals surface area contributed by atoms with Crippen LogP contribution in [-0.2, 0) is 9.47 Å². The summed E-state index contributed by atoms with van der Waals surface area (Å²) < 4.78 is 37.2. The number of phenolic OH excluding ortho intramolecular Hbond substituents is 1. The lowest BCUT2D eigenvalue weighted by Gasteiger charge is -2.40. The van der Waals surface area contributed by atoms with Crippen LogP contribution < -0.4 is 23.7 Å². The average Bonchev–Trinajstić information content (AvgIpc) is 2.87. The van der Waals surface area contributed by atoms with Crippen LogP contribution in [0.25, 0.3) is 0 Å². The number of phenols is 1. The molecule has 0 aliphatic carbocycles. The van der Waals surface area contributed by atoms with Crippen molar-refractivity contribution in [2.45, 2.75) is 30.7 Å². The largest absolute Gasteiger partial charge is 0.504 e. The molecule has 1 saturated heterocycles. The van der Waals surface area contributed by atoms with Gasteiger partial charge in [-0.1, -0.05) is 0 Å². The number of rotatable bonds is 9. The lowest BCUT2D eigenvalue weighted by atomic mass is 9.99. The van der Waals surface area contributed by atoms with Gasteiger partial charge in [0.05, 0.1) is 34.0 Å². The number of benzene rings is 2. The van der Waals surface area contributed by atoms with Crippen molar-refractivity contribution in [1.82, 2.24) is 0 Å². The molecule has 0 amide bonds. The fraction of sp³-hybridized carbons (Fsp3) is 0.435. The molecule has 12 heteroatoms. The van der Waals surface area contributed by atoms with Gasteiger partial charge < -0.3 is 53.6 Å². The summed E-state index contributed by atoms with van der Waals surface area (Å²) in [6.45, 7) is -0.470. The van der Waals surface area contributed by atoms with Gasteiger partial charge in [-0.2, -0.15) is 0 Å². The predicted molar refractivity (Wildman–Crippen MR) is 118 cm³/mol. The molecule has 3 rings (SSSR count). The Morgan fingerprint density at radius 3 is 2.06 bits per heavy atom. The number of aromatic hydroxyl groups is 1. The van der Waals surface area contributed by atoms with Gasteiger partial charge in [-0.15, -0.1) is 0 Å². The van der Waals surface area contributed by atoms with Crippen molar-refractivity contribution in [1.29, 1.82) is 0 Å². The van der Waals surface area contributed by atoms with Crippen LogP contribution in [0.5, 0.6) is 34.5 Å². The van der Waals surface area contributed by atoms with Gasteiger partial charge in [0, 0.05) is 12.1 Å². The number of carbonyl (C=O) groups is 1. The van der Waals surface area contributed by atoms with E-state index in [1.165, 1.54) is 58.8 Å². The summed E-state index contributed by atoms with van der Waals surface area (Å²) in [6, 6.07) is 6.80. The minimum Gasteiger partial charge on any atom is -0.504 e. The normalized spacial score (nSPS) is 23.8. The van der Waals surface area contributed by atoms with Gasteiger partial charge in [0.1, 0.15) is 36.8 Å². The van der Waals surface area contributed by atoms with Gasteiger partial charge in [0.15, 0.2) is 23.0 Å². The van der Waals surface area contributed by atoms with E-state index in [0.717, 1.165) is 0 Å². The van der Waals surface area contributed by atoms with E-state index in [4.69, 9.17) is 33.2 Å². The first-order chi connectivity index (χ1) is 16.7. The number of hydrogen-bond acceptors (Lipinski definition) is 12. The van der Waals surface area contributed by atoms with Gasteiger partial charge in [0.2, 0.25) is 12.0 Å². The van der Waals surface area contributed by atoms with Crippen LogP contribution in [0.15, 0.2) is 30.3 Å². The second-order valence-electron chi connectivity index (χ2n) is 7.48. The van der Waals surface area contributed by atoms with Crippen LogP contribution in [0.4, 0.5) is 0 Å². The highest BCUT2D eigenvalue weighted by Gasteiger charge is 2.45. The summed E-state index contributed by atoms with van der Waals surface area (Å²) in [6.07, 6.45) is -7.53. The first kappa shape index (κ1) is 26.2. The van der Waals surface area contributed by atoms with Gasteiger partial charge in [-0.25, -0.2) is 4.79 Å². The van der Waals surface area contributed by atoms with E-state index in [-0.39, 0.29) is 34.3 Å². The number of hydrogen-bond donors (Lipinski definition) is 4. The van der Waals surface area contributed by atoms with E-state index in [9.17, 15) is 25.2 Å². The van der Waals surface area contributed by atoms with Crippen LogP contribution in [0.2, 0.25) is 0 Å². The van der Waals surface area contributed by atoms with Gasteiger partial charge in [0.25, 0.3) is 0 Å². The zero-order chi connectivity index (χ0) is 25.7. The summed E-state index contributed by atoms with van der Waals surface area (Å²) in [7, 11) is 5.60. The van der Waals surface area contributed by atoms with Crippen LogP contribution in [0, 0.1) is 0 Å². The molecule has 0 saturated carbocycles. The van der Waals surface area contributed by atoms with Crippen LogP contribution in [0.1, 0.15) is 10.4 Å². The molecule has 0 unspecified atom stereocenters. The number of methoxy groups -OCH3 is 4. The second-order valence-corrected chi connectivity index (χ2v) is 7.48. The zero-order valence-corrected chi connectivity index (χ0v) is 19.5. The standard InChI is InChI=1S/C23H28O12/c1-29-14-7-11(5-6-13(14)24)22(28)33-10-17-18(25)19(26)20(27)23(35-17)34-12-8-15(30-2)21(32-4)16(9-12)31-3/h5-9,17-20,23-27H,10H2,1-4H3/t17-,18-,19+,20-,23-/m1/s1. The molecule has 2 aromatic carbocycles. The molecule has 0 aromatic heterocycles. The van der Waals surface area contributed by atoms with Gasteiger partial charge in [-0.3, -0.25) is 0 Å². The third-order valence-electron chi connectivity index (χ3n) is 5.35. The maximum atomic E-state index is 12.4. The Balaban J connectivity index is 1.73. The molecule has 1 aliphatic heterocycles. The summed E-state index contributed by atoms with van der Waals surface area (Å²) in [5.74, 6) is 0.161. The summed E-state index contributed by atoms with van der Waals surface area (Å²) in [4.78, 5) is 12.4. The van der Waals surface area contributed by atoms with Gasteiger partial charge >= 0.3 is 5.97 Å². The monoisotopic (exact) mass is 496 g/mol. The van der Waals surface area contributed by atoms with E-state index in [1.54, 1.807) is 0 Å². The van der Waals surface area contributed by atoms with E-state index in [2.05, 4.69) is 0 Å². The molecule has 1 heterocycles. The van der Waals surface area contributed by atoms with E-state index >= 15 is 0 Å². The Hall–Kier alpha value is -3.45. The average molecular weight is 496 g/mol. The number of aliphatic hydroxyl groups is 3. The molecular weight excluding hydrogens is 468 g/mol. The molecule has 0 spiro atoms. The molecule has 5 atom stereocenters. The van der Waals surface area contributed by atoms with Crippen molar-refractivity contribution < 1.29 is 58.4 Å². The van der Waals surface area contributed by atoms with Crippen molar-refractivity contribution in [3.05, 3.63) is 35.9 Å². The number of aliphatic hydroxyl groups excluding tert-OH is 3. The highest BCUT2D eigenvalue weighted by Crippen LogP contribution is 2.41. The van der Waals surface area contributed by atoms with Crippen molar-refractivity contribution >= 4 is 5.97 Å². The third kappa shape index (κ3) is 5.62. The number of carbonyl (C=O) groups excluding carboxylic acids is 1. The zero-order valence-electron chi connectivity index (χ0n) is 19.5. The van der Waals surface area contributed by atoms with E-state index < -0.39 is 43.3 Å². The Morgan fingerprint density at radius 1 is 0.857 bits per heavy atom. The predicted octanol–water partition coefficient (Wildman–Crippen LogP) is 0.470. The van der Waals surface area contributed by atoms with Crippen molar-refractivity contribution in [2.24, 2.45) is 0 Å². The molecular formula is C23H28O12. The second kappa shape index (κ2) is 11.3. The van der Waals surface area contributed by atoms with Crippen molar-refractivity contribution in [3.8, 4) is 34.5 Å². The Morgan fingerprint density at radius 2 is 1.49 bits per heavy atom. The van der Waals surface area contributed by atoms with Crippen molar-refractivity contribution in [2.75, 3.05) is 35.0 Å². The quantitative estimate of drug-likeness (QED) is 0.356. The fourth-order valence-corrected chi connectivity index (χ4v) is 3.46. The maximum absolute atomic E-state index is 12.4. The molecule has 35 heavy (non-hydrogen) atoms. The molecule has 1 fully saturated rings. The van der Waals surface area contributed by atoms with Crippen LogP contribution in [0.3, 0.4) is 0 Å². The fourth-order valence-electron chi connectivity index (χ4n) is 3.46. The molecule has 0 bridgehead atoms. The highest BCUT2D eigenvalue weighted by molar-refractivity contribution is 5.90. The number of ether oxygens (including phenoxy) is 7. The highest BCUT2D eigenvalue weighted by atomic mass is 16.7. The van der Waals surface area contributed by atoms with E-state index in [0.29, 0.717) is 5.75 Å². The minimum absolute atomic E-state index is 0.0748. The molecule has 2 aromatic rings. The first-order valence-corrected chi connectivity index (χ1v) is 10.4. The SMILES string of the molecule is COc1cc(C(=O)OC[C@H]2O[C@@H](Oc3cc(OC)c(OC)c(OC)c3)[C@H](O)[C@@H](O)[C@@H]2O)ccc1O. The Bertz CT molecular complexity index is 1000. The molecule has 1 aliphatic rings. The van der Waals surface area contributed by atoms with Crippen molar-refractivity contribution in [3.63, 3.8) is 0 Å². The lowest BCUT2D eigenvalue weighted by molar-refractivity contribution is -0.277. The summed E-state index contributed by atoms with van der Waals surface area (Å²) >= 11 is 0. The summed E-state index contributed by atoms with van der Waals surface area (Å²) in [5.41, 5.74) is 0.0794. The number of esters is 1. The molecule has 192 valence electrons. The Labute approximate surface area is 201 Å². The van der Waals surface area contributed by atoms with E-state index in [1.807, 2.05) is 0 Å². The van der Waals surface area contributed by atoms with Crippen LogP contribution in [-0.4, -0.2) is 92.1 Å². The molecule has 12 nitrogen and oxygen atoms in total. The third-order valence-corrected chi connectivity index (χ3v) is 5.35. The molecule has 0 radical (unpaired) electrons. The maximum Gasteiger partial charge on any atom is 0.338 e. The summed E-state index contributed by atoms with van der Waals surface area (Å²) in [5, 5.41) is 40.7. The first-order valence-electron chi connectivity index (χ1n) is 10.4. The molecule has 4 N–H and O–H groups in total. The lowest BCUT2D eigenvalue weighted by Crippen LogP contribution is -2.60. The minimum atomic E-state index is -1.66. The Kier molecular flexibility index (Phi) is 8.46. The van der Waals surface area contributed by atoms with Crippen LogP contribution >= 0.6 is 0 Å².